The zero-order valence-corrected chi connectivity index (χ0v) is 15.7. The largest absolute Gasteiger partial charge is 0.370 e. The maximum atomic E-state index is 6.12. The number of amidine groups is 1. The number of thioether (sulfide) groups is 1. The van der Waals surface area contributed by atoms with Gasteiger partial charge in [0.25, 0.3) is 0 Å². The number of hydrogen-bond donors (Lipinski definition) is 2. The first kappa shape index (κ1) is 16.8. The Morgan fingerprint density at radius 1 is 1.08 bits per heavy atom. The van der Waals surface area contributed by atoms with Gasteiger partial charge in [0.05, 0.1) is 17.9 Å². The van der Waals surface area contributed by atoms with Crippen LogP contribution < -0.4 is 10.6 Å². The van der Waals surface area contributed by atoms with Gasteiger partial charge in [-0.05, 0) is 54.8 Å². The van der Waals surface area contributed by atoms with Gasteiger partial charge in [0, 0.05) is 10.8 Å². The standard InChI is InChI=1S/C20H22ClN3S/c21-16-7-5-6-15(12-16)13-22-19-20(10-3-4-11-25-14-20)24-18-9-2-1-8-17(18)23-19/h1-2,5-9,12,24H,3-4,10-11,13-14H2,(H,22,23). The maximum absolute atomic E-state index is 6.12. The van der Waals surface area contributed by atoms with E-state index in [1.165, 1.54) is 24.3 Å². The lowest BCUT2D eigenvalue weighted by Crippen LogP contribution is -2.54. The van der Waals surface area contributed by atoms with Gasteiger partial charge in [0.15, 0.2) is 0 Å². The first-order valence-corrected chi connectivity index (χ1v) is 10.3. The molecule has 4 rings (SSSR count). The quantitative estimate of drug-likeness (QED) is 0.738. The fraction of sp³-hybridized carbons (Fsp3) is 0.350. The smallest absolute Gasteiger partial charge is 0.128 e. The van der Waals surface area contributed by atoms with Gasteiger partial charge < -0.3 is 10.6 Å². The van der Waals surface area contributed by atoms with Crippen molar-refractivity contribution in [1.82, 2.24) is 0 Å². The van der Waals surface area contributed by atoms with E-state index in [0.717, 1.165) is 34.3 Å². The highest BCUT2D eigenvalue weighted by Crippen LogP contribution is 2.37. The van der Waals surface area contributed by atoms with Gasteiger partial charge >= 0.3 is 0 Å². The van der Waals surface area contributed by atoms with E-state index in [4.69, 9.17) is 16.6 Å². The van der Waals surface area contributed by atoms with E-state index in [1.54, 1.807) is 0 Å². The number of para-hydroxylation sites is 2. The molecule has 1 atom stereocenters. The Kier molecular flexibility index (Phi) is 4.91. The van der Waals surface area contributed by atoms with Crippen molar-refractivity contribution < 1.29 is 0 Å². The Bertz CT molecular complexity index is 782. The van der Waals surface area contributed by atoms with Crippen molar-refractivity contribution in [2.75, 3.05) is 22.1 Å². The summed E-state index contributed by atoms with van der Waals surface area (Å²) in [6.07, 6.45) is 3.60. The molecule has 2 aromatic carbocycles. The minimum atomic E-state index is -0.103. The SMILES string of the molecule is Clc1cccc(CN=C2Nc3ccccc3NC23CCCCSC3)c1. The Hall–Kier alpha value is -1.65. The highest BCUT2D eigenvalue weighted by Gasteiger charge is 2.40. The van der Waals surface area contributed by atoms with Crippen LogP contribution in [0, 0.1) is 0 Å². The van der Waals surface area contributed by atoms with Crippen LogP contribution in [0.4, 0.5) is 11.4 Å². The Morgan fingerprint density at radius 2 is 1.96 bits per heavy atom. The second-order valence-corrected chi connectivity index (χ2v) is 8.22. The summed E-state index contributed by atoms with van der Waals surface area (Å²) >= 11 is 8.14. The molecule has 0 bridgehead atoms. The van der Waals surface area contributed by atoms with Crippen molar-refractivity contribution in [3.8, 4) is 0 Å². The van der Waals surface area contributed by atoms with Gasteiger partial charge in [0.1, 0.15) is 11.4 Å². The average molecular weight is 372 g/mol. The number of anilines is 2. The van der Waals surface area contributed by atoms with E-state index in [1.807, 2.05) is 30.0 Å². The predicted octanol–water partition coefficient (Wildman–Crippen LogP) is 5.43. The van der Waals surface area contributed by atoms with Gasteiger partial charge in [-0.1, -0.05) is 35.9 Å². The molecule has 0 aromatic heterocycles. The number of benzene rings is 2. The first-order chi connectivity index (χ1) is 12.3. The second-order valence-electron chi connectivity index (χ2n) is 6.68. The van der Waals surface area contributed by atoms with E-state index in [2.05, 4.69) is 41.0 Å². The van der Waals surface area contributed by atoms with Crippen LogP contribution in [-0.2, 0) is 6.54 Å². The topological polar surface area (TPSA) is 36.4 Å². The Morgan fingerprint density at radius 3 is 2.84 bits per heavy atom. The second kappa shape index (κ2) is 7.30. The normalized spacial score (nSPS) is 24.3. The zero-order chi connectivity index (χ0) is 17.1. The summed E-state index contributed by atoms with van der Waals surface area (Å²) in [5.41, 5.74) is 3.31. The molecule has 0 amide bonds. The fourth-order valence-corrected chi connectivity index (χ4v) is 4.96. The highest BCUT2D eigenvalue weighted by molar-refractivity contribution is 7.99. The molecule has 0 saturated carbocycles. The van der Waals surface area contributed by atoms with Crippen LogP contribution in [0.1, 0.15) is 24.8 Å². The summed E-state index contributed by atoms with van der Waals surface area (Å²) in [6, 6.07) is 16.3. The van der Waals surface area contributed by atoms with Crippen molar-refractivity contribution in [3.63, 3.8) is 0 Å². The summed E-state index contributed by atoms with van der Waals surface area (Å²) in [7, 11) is 0. The minimum Gasteiger partial charge on any atom is -0.370 e. The molecule has 1 saturated heterocycles. The first-order valence-electron chi connectivity index (χ1n) is 8.77. The minimum absolute atomic E-state index is 0.103. The van der Waals surface area contributed by atoms with Crippen LogP contribution in [0.25, 0.3) is 0 Å². The number of nitrogens with zero attached hydrogens (tertiary/aromatic N) is 1. The predicted molar refractivity (Wildman–Crippen MR) is 110 cm³/mol. The number of halogens is 1. The van der Waals surface area contributed by atoms with Gasteiger partial charge in [0.2, 0.25) is 0 Å². The zero-order valence-electron chi connectivity index (χ0n) is 14.1. The molecule has 1 spiro atoms. The fourth-order valence-electron chi connectivity index (χ4n) is 3.50. The Balaban J connectivity index is 1.67. The summed E-state index contributed by atoms with van der Waals surface area (Å²) in [6.45, 7) is 0.638. The molecule has 5 heteroatoms. The van der Waals surface area contributed by atoms with Crippen molar-refractivity contribution >= 4 is 40.6 Å². The van der Waals surface area contributed by atoms with Crippen molar-refractivity contribution in [1.29, 1.82) is 0 Å². The van der Waals surface area contributed by atoms with Gasteiger partial charge in [-0.15, -0.1) is 0 Å². The molecule has 2 aliphatic rings. The molecule has 0 radical (unpaired) electrons. The van der Waals surface area contributed by atoms with Crippen LogP contribution in [0.15, 0.2) is 53.5 Å². The molecule has 2 aromatic rings. The number of hydrogen-bond acceptors (Lipinski definition) is 3. The van der Waals surface area contributed by atoms with E-state index in [9.17, 15) is 0 Å². The molecule has 1 fully saturated rings. The molecule has 2 aliphatic heterocycles. The maximum Gasteiger partial charge on any atom is 0.128 e. The van der Waals surface area contributed by atoms with E-state index >= 15 is 0 Å². The third-order valence-electron chi connectivity index (χ3n) is 4.81. The summed E-state index contributed by atoms with van der Waals surface area (Å²) in [4.78, 5) is 4.98. The lowest BCUT2D eigenvalue weighted by Gasteiger charge is -2.41. The molecular weight excluding hydrogens is 350 g/mol. The monoisotopic (exact) mass is 371 g/mol. The Labute approximate surface area is 158 Å². The molecule has 2 N–H and O–H groups in total. The lowest BCUT2D eigenvalue weighted by atomic mass is 9.90. The van der Waals surface area contributed by atoms with Gasteiger partial charge in [-0.3, -0.25) is 4.99 Å². The third-order valence-corrected chi connectivity index (χ3v) is 6.32. The van der Waals surface area contributed by atoms with Crippen molar-refractivity contribution in [2.45, 2.75) is 31.3 Å². The number of nitrogens with one attached hydrogen (secondary N) is 2. The number of aliphatic imine (C=N–C) groups is 1. The van der Waals surface area contributed by atoms with Crippen LogP contribution in [-0.4, -0.2) is 22.9 Å². The average Bonchev–Trinajstić information content (AvgIpc) is 2.86. The third kappa shape index (κ3) is 3.65. The molecule has 130 valence electrons. The lowest BCUT2D eigenvalue weighted by molar-refractivity contribution is 0.584. The van der Waals surface area contributed by atoms with Gasteiger partial charge in [-0.2, -0.15) is 11.8 Å². The molecule has 2 heterocycles. The molecule has 3 nitrogen and oxygen atoms in total. The highest BCUT2D eigenvalue weighted by atomic mass is 35.5. The van der Waals surface area contributed by atoms with Gasteiger partial charge in [-0.25, -0.2) is 0 Å². The number of rotatable bonds is 2. The van der Waals surface area contributed by atoms with Crippen LogP contribution in [0.5, 0.6) is 0 Å². The van der Waals surface area contributed by atoms with Crippen LogP contribution >= 0.6 is 23.4 Å². The van der Waals surface area contributed by atoms with E-state index < -0.39 is 0 Å². The number of fused-ring (bicyclic) bond motifs is 1. The molecule has 25 heavy (non-hydrogen) atoms. The van der Waals surface area contributed by atoms with Crippen LogP contribution in [0.2, 0.25) is 5.02 Å². The molecule has 0 aliphatic carbocycles. The van der Waals surface area contributed by atoms with Crippen molar-refractivity contribution in [2.24, 2.45) is 4.99 Å². The summed E-state index contributed by atoms with van der Waals surface area (Å²) < 4.78 is 0. The summed E-state index contributed by atoms with van der Waals surface area (Å²) in [5, 5.41) is 8.18. The molecular formula is C20H22ClN3S. The summed E-state index contributed by atoms with van der Waals surface area (Å²) in [5.74, 6) is 3.33. The van der Waals surface area contributed by atoms with E-state index in [0.29, 0.717) is 6.54 Å². The van der Waals surface area contributed by atoms with Crippen molar-refractivity contribution in [3.05, 3.63) is 59.1 Å². The van der Waals surface area contributed by atoms with Crippen LogP contribution in [0.3, 0.4) is 0 Å². The van der Waals surface area contributed by atoms with E-state index in [-0.39, 0.29) is 5.54 Å². The molecule has 1 unspecified atom stereocenters.